The normalized spacial score (nSPS) is 12.2. The van der Waals surface area contributed by atoms with Crippen LogP contribution >= 0.6 is 15.9 Å². The highest BCUT2D eigenvalue weighted by atomic mass is 79.9. The van der Waals surface area contributed by atoms with Crippen molar-refractivity contribution < 1.29 is 4.79 Å². The lowest BCUT2D eigenvalue weighted by Gasteiger charge is -2.11. The highest BCUT2D eigenvalue weighted by molar-refractivity contribution is 9.09. The summed E-state index contributed by atoms with van der Waals surface area (Å²) < 4.78 is 0. The summed E-state index contributed by atoms with van der Waals surface area (Å²) in [5, 5.41) is 2.09. The fourth-order valence-corrected chi connectivity index (χ4v) is 2.90. The van der Waals surface area contributed by atoms with Crippen molar-refractivity contribution in [2.75, 3.05) is 0 Å². The minimum Gasteiger partial charge on any atom is -0.293 e. The standard InChI is InChI=1S/C18H13BrO/c19-17(14-8-2-1-3-9-14)18(20)16-12-6-10-13-7-4-5-11-15(13)16/h1-12,17H/t17-/m1/s1. The molecule has 0 heterocycles. The summed E-state index contributed by atoms with van der Waals surface area (Å²) in [6.45, 7) is 0. The maximum absolute atomic E-state index is 12.7. The van der Waals surface area contributed by atoms with Gasteiger partial charge < -0.3 is 0 Å². The molecule has 0 spiro atoms. The Labute approximate surface area is 126 Å². The molecule has 0 aliphatic rings. The molecule has 0 saturated carbocycles. The van der Waals surface area contributed by atoms with Crippen LogP contribution in [0.15, 0.2) is 72.8 Å². The Bertz CT molecular complexity index is 744. The Morgan fingerprint density at radius 3 is 2.25 bits per heavy atom. The van der Waals surface area contributed by atoms with E-state index in [0.717, 1.165) is 21.9 Å². The van der Waals surface area contributed by atoms with Gasteiger partial charge in [-0.1, -0.05) is 88.7 Å². The molecule has 1 atom stereocenters. The van der Waals surface area contributed by atoms with Crippen LogP contribution in [-0.4, -0.2) is 5.78 Å². The molecule has 0 unspecified atom stereocenters. The van der Waals surface area contributed by atoms with Crippen molar-refractivity contribution in [2.24, 2.45) is 0 Å². The molecule has 2 heteroatoms. The predicted octanol–water partition coefficient (Wildman–Crippen LogP) is 5.16. The van der Waals surface area contributed by atoms with Gasteiger partial charge in [0.15, 0.2) is 5.78 Å². The number of rotatable bonds is 3. The van der Waals surface area contributed by atoms with E-state index in [4.69, 9.17) is 0 Å². The van der Waals surface area contributed by atoms with Crippen LogP contribution in [0, 0.1) is 0 Å². The third kappa shape index (κ3) is 2.39. The number of carbonyl (C=O) groups is 1. The molecule has 0 N–H and O–H groups in total. The van der Waals surface area contributed by atoms with Gasteiger partial charge in [-0.25, -0.2) is 0 Å². The third-order valence-corrected chi connectivity index (χ3v) is 4.32. The van der Waals surface area contributed by atoms with E-state index < -0.39 is 0 Å². The molecule has 0 aromatic heterocycles. The van der Waals surface area contributed by atoms with Crippen LogP contribution in [-0.2, 0) is 0 Å². The van der Waals surface area contributed by atoms with Gasteiger partial charge in [0, 0.05) is 5.56 Å². The van der Waals surface area contributed by atoms with Gasteiger partial charge in [0.05, 0.1) is 0 Å². The van der Waals surface area contributed by atoms with Gasteiger partial charge in [-0.3, -0.25) is 4.79 Å². The summed E-state index contributed by atoms with van der Waals surface area (Å²) in [4.78, 5) is 12.4. The van der Waals surface area contributed by atoms with Crippen LogP contribution in [0.2, 0.25) is 0 Å². The quantitative estimate of drug-likeness (QED) is 0.480. The first-order valence-corrected chi connectivity index (χ1v) is 7.40. The second-order valence-corrected chi connectivity index (χ2v) is 5.58. The van der Waals surface area contributed by atoms with Gasteiger partial charge in [0.25, 0.3) is 0 Å². The number of Topliss-reactive ketones (excluding diaryl/α,β-unsaturated/α-hetero) is 1. The van der Waals surface area contributed by atoms with E-state index in [1.165, 1.54) is 0 Å². The van der Waals surface area contributed by atoms with Gasteiger partial charge in [0.2, 0.25) is 0 Å². The van der Waals surface area contributed by atoms with Crippen molar-refractivity contribution in [3.63, 3.8) is 0 Å². The fraction of sp³-hybridized carbons (Fsp3) is 0.0556. The molecular weight excluding hydrogens is 312 g/mol. The smallest absolute Gasteiger partial charge is 0.181 e. The Balaban J connectivity index is 2.05. The van der Waals surface area contributed by atoms with E-state index in [1.807, 2.05) is 72.8 Å². The fourth-order valence-electron chi connectivity index (χ4n) is 2.35. The molecule has 3 rings (SSSR count). The van der Waals surface area contributed by atoms with Gasteiger partial charge in [-0.05, 0) is 16.3 Å². The molecule has 0 aliphatic heterocycles. The number of benzene rings is 3. The second-order valence-electron chi connectivity index (χ2n) is 4.66. The monoisotopic (exact) mass is 324 g/mol. The molecular formula is C18H13BrO. The highest BCUT2D eigenvalue weighted by Gasteiger charge is 2.20. The molecule has 0 aliphatic carbocycles. The largest absolute Gasteiger partial charge is 0.293 e. The first kappa shape index (κ1) is 13.1. The van der Waals surface area contributed by atoms with Crippen LogP contribution in [0.1, 0.15) is 20.7 Å². The Morgan fingerprint density at radius 1 is 0.800 bits per heavy atom. The number of alkyl halides is 1. The highest BCUT2D eigenvalue weighted by Crippen LogP contribution is 2.30. The second kappa shape index (κ2) is 5.59. The van der Waals surface area contributed by atoms with Crippen LogP contribution in [0.5, 0.6) is 0 Å². The Kier molecular flexibility index (Phi) is 3.66. The number of ketones is 1. The lowest BCUT2D eigenvalue weighted by Crippen LogP contribution is -2.07. The average molecular weight is 325 g/mol. The molecule has 3 aromatic carbocycles. The number of hydrogen-bond donors (Lipinski definition) is 0. The van der Waals surface area contributed by atoms with Gasteiger partial charge in [0.1, 0.15) is 4.83 Å². The van der Waals surface area contributed by atoms with Gasteiger partial charge >= 0.3 is 0 Å². The van der Waals surface area contributed by atoms with Crippen molar-refractivity contribution in [1.29, 1.82) is 0 Å². The molecule has 0 fully saturated rings. The summed E-state index contributed by atoms with van der Waals surface area (Å²) in [5.41, 5.74) is 1.74. The van der Waals surface area contributed by atoms with Crippen molar-refractivity contribution in [1.82, 2.24) is 0 Å². The lowest BCUT2D eigenvalue weighted by molar-refractivity contribution is 0.0993. The summed E-state index contributed by atoms with van der Waals surface area (Å²) >= 11 is 3.52. The van der Waals surface area contributed by atoms with Crippen LogP contribution in [0.4, 0.5) is 0 Å². The molecule has 20 heavy (non-hydrogen) atoms. The van der Waals surface area contributed by atoms with E-state index in [-0.39, 0.29) is 10.6 Å². The SMILES string of the molecule is O=C(c1cccc2ccccc12)[C@H](Br)c1ccccc1. The maximum atomic E-state index is 12.7. The minimum atomic E-state index is -0.311. The Hall–Kier alpha value is -1.93. The third-order valence-electron chi connectivity index (χ3n) is 3.38. The number of hydrogen-bond acceptors (Lipinski definition) is 1. The van der Waals surface area contributed by atoms with Crippen LogP contribution in [0.3, 0.4) is 0 Å². The van der Waals surface area contributed by atoms with Crippen molar-refractivity contribution >= 4 is 32.5 Å². The topological polar surface area (TPSA) is 17.1 Å². The summed E-state index contributed by atoms with van der Waals surface area (Å²) in [6.07, 6.45) is 0. The van der Waals surface area contributed by atoms with Crippen LogP contribution < -0.4 is 0 Å². The predicted molar refractivity (Wildman–Crippen MR) is 86.4 cm³/mol. The van der Waals surface area contributed by atoms with E-state index in [2.05, 4.69) is 15.9 Å². The molecule has 0 saturated heterocycles. The van der Waals surface area contributed by atoms with Crippen molar-refractivity contribution in [2.45, 2.75) is 4.83 Å². The van der Waals surface area contributed by atoms with Gasteiger partial charge in [-0.2, -0.15) is 0 Å². The van der Waals surface area contributed by atoms with E-state index in [1.54, 1.807) is 0 Å². The molecule has 0 radical (unpaired) electrons. The molecule has 3 aromatic rings. The molecule has 0 amide bonds. The molecule has 1 nitrogen and oxygen atoms in total. The summed E-state index contributed by atoms with van der Waals surface area (Å²) in [7, 11) is 0. The van der Waals surface area contributed by atoms with Gasteiger partial charge in [-0.15, -0.1) is 0 Å². The van der Waals surface area contributed by atoms with Crippen molar-refractivity contribution in [3.05, 3.63) is 83.9 Å². The number of carbonyl (C=O) groups excluding carboxylic acids is 1. The summed E-state index contributed by atoms with van der Waals surface area (Å²) in [6, 6.07) is 23.6. The van der Waals surface area contributed by atoms with E-state index in [0.29, 0.717) is 0 Å². The first-order chi connectivity index (χ1) is 9.77. The van der Waals surface area contributed by atoms with Crippen LogP contribution in [0.25, 0.3) is 10.8 Å². The maximum Gasteiger partial charge on any atom is 0.181 e. The Morgan fingerprint density at radius 2 is 1.45 bits per heavy atom. The average Bonchev–Trinajstić information content (AvgIpc) is 2.54. The lowest BCUT2D eigenvalue weighted by atomic mass is 9.97. The number of halogens is 1. The van der Waals surface area contributed by atoms with E-state index in [9.17, 15) is 4.79 Å². The zero-order valence-electron chi connectivity index (χ0n) is 10.8. The first-order valence-electron chi connectivity index (χ1n) is 6.48. The zero-order valence-corrected chi connectivity index (χ0v) is 12.4. The summed E-state index contributed by atoms with van der Waals surface area (Å²) in [5.74, 6) is 0.0907. The molecule has 98 valence electrons. The number of fused-ring (bicyclic) bond motifs is 1. The van der Waals surface area contributed by atoms with E-state index >= 15 is 0 Å². The minimum absolute atomic E-state index is 0.0907. The zero-order chi connectivity index (χ0) is 13.9. The molecule has 0 bridgehead atoms. The van der Waals surface area contributed by atoms with Crippen molar-refractivity contribution in [3.8, 4) is 0 Å².